The van der Waals surface area contributed by atoms with Crippen LogP contribution < -0.4 is 0 Å². The van der Waals surface area contributed by atoms with Crippen LogP contribution in [-0.2, 0) is 4.79 Å². The predicted octanol–water partition coefficient (Wildman–Crippen LogP) is 0.219. The fraction of sp³-hybridized carbons (Fsp3) is 0.778. The van der Waals surface area contributed by atoms with Gasteiger partial charge >= 0.3 is 12.0 Å². The highest BCUT2D eigenvalue weighted by Gasteiger charge is 2.41. The summed E-state index contributed by atoms with van der Waals surface area (Å²) in [6.07, 6.45) is 0. The number of nitrogens with zero attached hydrogens (tertiary/aromatic N) is 2. The van der Waals surface area contributed by atoms with Crippen LogP contribution in [0, 0.1) is 5.92 Å². The molecule has 0 spiro atoms. The molecule has 0 aromatic rings. The molecule has 14 heavy (non-hydrogen) atoms. The molecule has 0 aromatic heterocycles. The Kier molecular flexibility index (Phi) is 2.80. The largest absolute Gasteiger partial charge is 0.481 e. The Morgan fingerprint density at radius 3 is 2.29 bits per heavy atom. The van der Waals surface area contributed by atoms with Crippen molar-refractivity contribution in [3.63, 3.8) is 0 Å². The average Bonchev–Trinajstić information content (AvgIpc) is 2.00. The second-order valence-electron chi connectivity index (χ2n) is 4.22. The number of carbonyl (C=O) groups excluding carboxylic acids is 1. The molecule has 0 saturated carbocycles. The molecule has 5 heteroatoms. The number of hydrogen-bond acceptors (Lipinski definition) is 2. The molecule has 0 unspecified atom stereocenters. The van der Waals surface area contributed by atoms with E-state index in [1.165, 1.54) is 0 Å². The van der Waals surface area contributed by atoms with Crippen LogP contribution in [0.2, 0.25) is 0 Å². The van der Waals surface area contributed by atoms with Gasteiger partial charge in [0.1, 0.15) is 0 Å². The Labute approximate surface area is 83.5 Å². The first-order valence-corrected chi connectivity index (χ1v) is 4.73. The summed E-state index contributed by atoms with van der Waals surface area (Å²) in [6, 6.07) is 0.00463. The van der Waals surface area contributed by atoms with Gasteiger partial charge in [0.15, 0.2) is 0 Å². The van der Waals surface area contributed by atoms with E-state index in [0.717, 1.165) is 0 Å². The summed E-state index contributed by atoms with van der Waals surface area (Å²) >= 11 is 0. The molecule has 2 amide bonds. The fourth-order valence-corrected chi connectivity index (χ4v) is 1.31. The second-order valence-corrected chi connectivity index (χ2v) is 4.22. The van der Waals surface area contributed by atoms with E-state index in [1.54, 1.807) is 4.90 Å². The molecular weight excluding hydrogens is 184 g/mol. The normalized spacial score (nSPS) is 17.8. The lowest BCUT2D eigenvalue weighted by molar-refractivity contribution is -0.811. The van der Waals surface area contributed by atoms with Gasteiger partial charge in [-0.05, 0) is 6.92 Å². The molecule has 0 radical (unpaired) electrons. The van der Waals surface area contributed by atoms with Crippen molar-refractivity contribution in [2.45, 2.75) is 6.92 Å². The minimum absolute atomic E-state index is 0.00463. The predicted molar refractivity (Wildman–Crippen MR) is 50.7 cm³/mol. The van der Waals surface area contributed by atoms with Crippen LogP contribution >= 0.6 is 0 Å². The number of carboxylic acids is 1. The van der Waals surface area contributed by atoms with Crippen molar-refractivity contribution in [1.29, 1.82) is 0 Å². The molecule has 1 heterocycles. The van der Waals surface area contributed by atoms with Crippen LogP contribution in [0.25, 0.3) is 0 Å². The van der Waals surface area contributed by atoms with Gasteiger partial charge in [0, 0.05) is 13.1 Å². The van der Waals surface area contributed by atoms with Gasteiger partial charge in [0.2, 0.25) is 0 Å². The first kappa shape index (κ1) is 11.0. The third kappa shape index (κ3) is 1.87. The zero-order chi connectivity index (χ0) is 10.9. The number of carboxylic acid groups (broad SMARTS) is 1. The fourth-order valence-electron chi connectivity index (χ4n) is 1.31. The number of likely N-dealkylation sites (tertiary alicyclic amines) is 1. The number of amides is 2. The summed E-state index contributed by atoms with van der Waals surface area (Å²) in [5.41, 5.74) is 0. The van der Waals surface area contributed by atoms with E-state index in [1.807, 2.05) is 21.0 Å². The summed E-state index contributed by atoms with van der Waals surface area (Å²) in [5.74, 6) is -1.17. The van der Waals surface area contributed by atoms with Crippen molar-refractivity contribution in [3.8, 4) is 0 Å². The Hall–Kier alpha value is -1.10. The maximum absolute atomic E-state index is 11.8. The number of carbonyl (C=O) groups is 2. The van der Waals surface area contributed by atoms with Crippen molar-refractivity contribution < 1.29 is 19.2 Å². The second kappa shape index (κ2) is 3.57. The molecule has 0 bridgehead atoms. The quantitative estimate of drug-likeness (QED) is 0.650. The third-order valence-electron chi connectivity index (χ3n) is 2.81. The molecule has 5 nitrogen and oxygen atoms in total. The number of quaternary nitrogens is 1. The van der Waals surface area contributed by atoms with E-state index in [-0.39, 0.29) is 16.4 Å². The van der Waals surface area contributed by atoms with Gasteiger partial charge in [0.25, 0.3) is 0 Å². The van der Waals surface area contributed by atoms with E-state index in [2.05, 4.69) is 0 Å². The van der Waals surface area contributed by atoms with Crippen molar-refractivity contribution in [1.82, 2.24) is 4.90 Å². The summed E-state index contributed by atoms with van der Waals surface area (Å²) in [7, 11) is 3.66. The average molecular weight is 201 g/mol. The lowest BCUT2D eigenvalue weighted by atomic mass is 10.0. The summed E-state index contributed by atoms with van der Waals surface area (Å²) < 4.78 is 0.284. The van der Waals surface area contributed by atoms with Gasteiger partial charge in [-0.2, -0.15) is 0 Å². The molecule has 1 rings (SSSR count). The highest BCUT2D eigenvalue weighted by Crippen LogP contribution is 2.19. The van der Waals surface area contributed by atoms with Gasteiger partial charge in [-0.3, -0.25) is 9.69 Å². The Bertz CT molecular complexity index is 257. The lowest BCUT2D eigenvalue weighted by Crippen LogP contribution is -2.61. The van der Waals surface area contributed by atoms with E-state index in [4.69, 9.17) is 5.11 Å². The molecule has 0 aromatic carbocycles. The zero-order valence-corrected chi connectivity index (χ0v) is 8.86. The standard InChI is InChI=1S/C9H16N2O3/c1-4-11(2,3)9(14)10-5-7(6-10)8(12)13/h7H,4-6H2,1-3H3/p+1. The van der Waals surface area contributed by atoms with Gasteiger partial charge in [0.05, 0.1) is 26.6 Å². The SMILES string of the molecule is CC[N+](C)(C)C(=O)N1CC(C(=O)O)C1. The molecule has 1 aliphatic rings. The van der Waals surface area contributed by atoms with Gasteiger partial charge in [-0.15, -0.1) is 0 Å². The highest BCUT2D eigenvalue weighted by molar-refractivity contribution is 5.76. The highest BCUT2D eigenvalue weighted by atomic mass is 16.4. The molecule has 1 aliphatic heterocycles. The van der Waals surface area contributed by atoms with E-state index < -0.39 is 5.97 Å². The topological polar surface area (TPSA) is 57.6 Å². The van der Waals surface area contributed by atoms with Crippen molar-refractivity contribution in [3.05, 3.63) is 0 Å². The minimum Gasteiger partial charge on any atom is -0.481 e. The Balaban J connectivity index is 2.48. The van der Waals surface area contributed by atoms with Gasteiger partial charge in [-0.25, -0.2) is 9.28 Å². The van der Waals surface area contributed by atoms with Crippen LogP contribution in [-0.4, -0.2) is 60.2 Å². The number of hydrogen-bond donors (Lipinski definition) is 1. The molecule has 1 N–H and O–H groups in total. The Morgan fingerprint density at radius 2 is 1.93 bits per heavy atom. The number of aliphatic carboxylic acids is 1. The molecule has 0 atom stereocenters. The maximum Gasteiger partial charge on any atom is 0.418 e. The lowest BCUT2D eigenvalue weighted by Gasteiger charge is -2.40. The van der Waals surface area contributed by atoms with E-state index >= 15 is 0 Å². The van der Waals surface area contributed by atoms with Crippen LogP contribution in [0.4, 0.5) is 4.79 Å². The summed E-state index contributed by atoms with van der Waals surface area (Å²) in [5, 5.41) is 8.65. The minimum atomic E-state index is -0.809. The van der Waals surface area contributed by atoms with Crippen molar-refractivity contribution in [2.75, 3.05) is 33.7 Å². The molecule has 1 fully saturated rings. The van der Waals surface area contributed by atoms with E-state index in [9.17, 15) is 9.59 Å². The van der Waals surface area contributed by atoms with Crippen LogP contribution in [0.3, 0.4) is 0 Å². The molecule has 80 valence electrons. The molecule has 1 saturated heterocycles. The summed E-state index contributed by atoms with van der Waals surface area (Å²) in [4.78, 5) is 23.9. The molecule has 0 aliphatic carbocycles. The monoisotopic (exact) mass is 201 g/mol. The van der Waals surface area contributed by atoms with Gasteiger partial charge < -0.3 is 5.11 Å². The van der Waals surface area contributed by atoms with Crippen LogP contribution in [0.1, 0.15) is 6.92 Å². The third-order valence-corrected chi connectivity index (χ3v) is 2.81. The number of rotatable bonds is 2. The number of urea groups is 1. The van der Waals surface area contributed by atoms with Crippen LogP contribution in [0.5, 0.6) is 0 Å². The van der Waals surface area contributed by atoms with Gasteiger partial charge in [-0.1, -0.05) is 0 Å². The maximum atomic E-state index is 11.8. The Morgan fingerprint density at radius 1 is 1.43 bits per heavy atom. The van der Waals surface area contributed by atoms with E-state index in [0.29, 0.717) is 19.6 Å². The first-order valence-electron chi connectivity index (χ1n) is 4.73. The van der Waals surface area contributed by atoms with Crippen LogP contribution in [0.15, 0.2) is 0 Å². The zero-order valence-electron chi connectivity index (χ0n) is 8.86. The first-order chi connectivity index (χ1) is 6.38. The smallest absolute Gasteiger partial charge is 0.418 e. The summed E-state index contributed by atoms with van der Waals surface area (Å²) in [6.45, 7) is 3.37. The van der Waals surface area contributed by atoms with Crippen molar-refractivity contribution in [2.24, 2.45) is 5.92 Å². The molecular formula is C9H17N2O3+. The van der Waals surface area contributed by atoms with Crippen molar-refractivity contribution >= 4 is 12.0 Å².